The first kappa shape index (κ1) is 14.9. The Morgan fingerprint density at radius 2 is 2.10 bits per heavy atom. The molecule has 0 amide bonds. The molecule has 1 aromatic carbocycles. The van der Waals surface area contributed by atoms with Crippen molar-refractivity contribution in [2.75, 3.05) is 0 Å². The maximum absolute atomic E-state index is 6.39. The third-order valence-electron chi connectivity index (χ3n) is 4.53. The second kappa shape index (κ2) is 5.29. The maximum atomic E-state index is 6.39. The van der Waals surface area contributed by atoms with Gasteiger partial charge in [0.15, 0.2) is 0 Å². The van der Waals surface area contributed by atoms with Crippen LogP contribution >= 0.6 is 15.9 Å². The van der Waals surface area contributed by atoms with Crippen molar-refractivity contribution in [3.8, 4) is 5.69 Å². The van der Waals surface area contributed by atoms with E-state index in [9.17, 15) is 0 Å². The number of fused-ring (bicyclic) bond motifs is 1. The van der Waals surface area contributed by atoms with Crippen LogP contribution in [-0.2, 0) is 12.8 Å². The van der Waals surface area contributed by atoms with Crippen molar-refractivity contribution in [2.45, 2.75) is 46.1 Å². The molecule has 3 heteroatoms. The highest BCUT2D eigenvalue weighted by Crippen LogP contribution is 2.41. The Labute approximate surface area is 135 Å². The Morgan fingerprint density at radius 1 is 1.33 bits per heavy atom. The van der Waals surface area contributed by atoms with Crippen LogP contribution in [0.4, 0.5) is 0 Å². The highest BCUT2D eigenvalue weighted by molar-refractivity contribution is 9.10. The van der Waals surface area contributed by atoms with Crippen LogP contribution in [-0.4, -0.2) is 4.57 Å². The normalized spacial score (nSPS) is 20.3. The van der Waals surface area contributed by atoms with Crippen LogP contribution in [0.2, 0.25) is 0 Å². The monoisotopic (exact) mass is 346 g/mol. The van der Waals surface area contributed by atoms with Crippen molar-refractivity contribution in [2.24, 2.45) is 11.1 Å². The van der Waals surface area contributed by atoms with E-state index in [-0.39, 0.29) is 11.5 Å². The van der Waals surface area contributed by atoms with Crippen molar-refractivity contribution in [3.63, 3.8) is 0 Å². The van der Waals surface area contributed by atoms with Gasteiger partial charge in [0.1, 0.15) is 0 Å². The Kier molecular flexibility index (Phi) is 3.74. The van der Waals surface area contributed by atoms with Gasteiger partial charge in [-0.3, -0.25) is 0 Å². The van der Waals surface area contributed by atoms with Gasteiger partial charge < -0.3 is 10.3 Å². The first-order valence-corrected chi connectivity index (χ1v) is 8.45. The predicted molar refractivity (Wildman–Crippen MR) is 91.9 cm³/mol. The van der Waals surface area contributed by atoms with Crippen LogP contribution in [0.25, 0.3) is 5.69 Å². The van der Waals surface area contributed by atoms with E-state index >= 15 is 0 Å². The summed E-state index contributed by atoms with van der Waals surface area (Å²) in [5, 5.41) is 0. The highest BCUT2D eigenvalue weighted by atomic mass is 79.9. The number of halogens is 1. The molecule has 2 aromatic rings. The van der Waals surface area contributed by atoms with Crippen LogP contribution < -0.4 is 5.73 Å². The lowest BCUT2D eigenvalue weighted by molar-refractivity contribution is 0.278. The summed E-state index contributed by atoms with van der Waals surface area (Å²) in [7, 11) is 0. The molecule has 1 aliphatic carbocycles. The van der Waals surface area contributed by atoms with Crippen molar-refractivity contribution < 1.29 is 0 Å². The van der Waals surface area contributed by atoms with Crippen molar-refractivity contribution in [1.82, 2.24) is 4.57 Å². The van der Waals surface area contributed by atoms with Crippen LogP contribution in [0.1, 0.15) is 50.1 Å². The molecule has 0 spiro atoms. The molecular weight excluding hydrogens is 324 g/mol. The molecule has 21 heavy (non-hydrogen) atoms. The molecule has 3 rings (SSSR count). The molecule has 0 fully saturated rings. The number of aryl methyl sites for hydroxylation is 1. The van der Waals surface area contributed by atoms with E-state index in [0.29, 0.717) is 0 Å². The molecule has 0 saturated heterocycles. The summed E-state index contributed by atoms with van der Waals surface area (Å²) < 4.78 is 3.49. The molecule has 0 saturated carbocycles. The van der Waals surface area contributed by atoms with Crippen molar-refractivity contribution in [3.05, 3.63) is 51.8 Å². The van der Waals surface area contributed by atoms with Crippen LogP contribution in [0.15, 0.2) is 34.9 Å². The average Bonchev–Trinajstić information content (AvgIpc) is 2.81. The summed E-state index contributed by atoms with van der Waals surface area (Å²) in [5.41, 5.74) is 12.0. The summed E-state index contributed by atoms with van der Waals surface area (Å²) in [6.45, 7) is 6.84. The fourth-order valence-electron chi connectivity index (χ4n) is 3.53. The average molecular weight is 347 g/mol. The van der Waals surface area contributed by atoms with E-state index in [0.717, 1.165) is 23.7 Å². The van der Waals surface area contributed by atoms with Crippen molar-refractivity contribution in [1.29, 1.82) is 0 Å². The van der Waals surface area contributed by atoms with Crippen LogP contribution in [0, 0.1) is 5.41 Å². The summed E-state index contributed by atoms with van der Waals surface area (Å²) in [6, 6.07) is 8.91. The van der Waals surface area contributed by atoms with E-state index in [1.54, 1.807) is 0 Å². The molecule has 1 heterocycles. The number of hydrogen-bond acceptors (Lipinski definition) is 1. The lowest BCUT2D eigenvalue weighted by atomic mass is 9.74. The molecule has 2 nitrogen and oxygen atoms in total. The van der Waals surface area contributed by atoms with Gasteiger partial charge >= 0.3 is 0 Å². The lowest BCUT2D eigenvalue weighted by Gasteiger charge is -2.34. The second-order valence-electron chi connectivity index (χ2n) is 6.87. The van der Waals surface area contributed by atoms with Gasteiger partial charge in [-0.2, -0.15) is 0 Å². The third-order valence-corrected chi connectivity index (χ3v) is 5.02. The first-order chi connectivity index (χ1) is 9.91. The van der Waals surface area contributed by atoms with Gasteiger partial charge in [0.2, 0.25) is 0 Å². The molecule has 0 radical (unpaired) electrons. The minimum Gasteiger partial charge on any atom is -0.324 e. The number of hydrogen-bond donors (Lipinski definition) is 1. The van der Waals surface area contributed by atoms with Crippen LogP contribution in [0.5, 0.6) is 0 Å². The van der Waals surface area contributed by atoms with E-state index in [1.807, 2.05) is 0 Å². The Balaban J connectivity index is 2.14. The number of aromatic nitrogens is 1. The lowest BCUT2D eigenvalue weighted by Crippen LogP contribution is -2.30. The molecule has 2 N–H and O–H groups in total. The van der Waals surface area contributed by atoms with E-state index in [1.165, 1.54) is 22.5 Å². The maximum Gasteiger partial charge on any atom is 0.0485 e. The Hall–Kier alpha value is -1.06. The van der Waals surface area contributed by atoms with Gasteiger partial charge in [-0.25, -0.2) is 0 Å². The molecule has 112 valence electrons. The molecule has 0 aliphatic heterocycles. The fraction of sp³-hybridized carbons (Fsp3) is 0.444. The molecule has 0 bridgehead atoms. The minimum atomic E-state index is 0.158. The predicted octanol–water partition coefficient (Wildman–Crippen LogP) is 4.77. The van der Waals surface area contributed by atoms with Crippen molar-refractivity contribution >= 4 is 15.9 Å². The topological polar surface area (TPSA) is 30.9 Å². The minimum absolute atomic E-state index is 0.158. The summed E-state index contributed by atoms with van der Waals surface area (Å²) in [4.78, 5) is 0. The van der Waals surface area contributed by atoms with E-state index in [4.69, 9.17) is 5.73 Å². The molecule has 1 aromatic heterocycles. The highest BCUT2D eigenvalue weighted by Gasteiger charge is 2.32. The van der Waals surface area contributed by atoms with Gasteiger partial charge in [0.05, 0.1) is 0 Å². The largest absolute Gasteiger partial charge is 0.324 e. The second-order valence-corrected chi connectivity index (χ2v) is 7.78. The number of nitrogens with two attached hydrogens (primary N) is 1. The quantitative estimate of drug-likeness (QED) is 0.833. The Bertz CT molecular complexity index is 670. The SMILES string of the molecule is CCc1cc(Br)ccc1-n1ccc2c1CC(C)(C)CC2N. The van der Waals surface area contributed by atoms with Crippen LogP contribution in [0.3, 0.4) is 0 Å². The zero-order valence-corrected chi connectivity index (χ0v) is 14.6. The fourth-order valence-corrected chi connectivity index (χ4v) is 3.94. The smallest absolute Gasteiger partial charge is 0.0485 e. The molecule has 1 unspecified atom stereocenters. The summed E-state index contributed by atoms with van der Waals surface area (Å²) in [5.74, 6) is 0. The van der Waals surface area contributed by atoms with E-state index < -0.39 is 0 Å². The Morgan fingerprint density at radius 3 is 2.81 bits per heavy atom. The van der Waals surface area contributed by atoms with Gasteiger partial charge in [-0.05, 0) is 60.1 Å². The molecule has 1 atom stereocenters. The zero-order chi connectivity index (χ0) is 15.2. The van der Waals surface area contributed by atoms with Gasteiger partial charge in [-0.15, -0.1) is 0 Å². The zero-order valence-electron chi connectivity index (χ0n) is 13.0. The summed E-state index contributed by atoms with van der Waals surface area (Å²) in [6.07, 6.45) is 5.36. The summed E-state index contributed by atoms with van der Waals surface area (Å²) >= 11 is 3.57. The number of benzene rings is 1. The molecular formula is C18H23BrN2. The number of nitrogens with zero attached hydrogens (tertiary/aromatic N) is 1. The van der Waals surface area contributed by atoms with Gasteiger partial charge in [0, 0.05) is 28.1 Å². The first-order valence-electron chi connectivity index (χ1n) is 7.66. The van der Waals surface area contributed by atoms with Gasteiger partial charge in [0.25, 0.3) is 0 Å². The van der Waals surface area contributed by atoms with Gasteiger partial charge in [-0.1, -0.05) is 36.7 Å². The van der Waals surface area contributed by atoms with E-state index in [2.05, 4.69) is 71.7 Å². The standard InChI is InChI=1S/C18H23BrN2/c1-4-12-9-13(19)5-6-16(12)21-8-7-14-15(20)10-18(2,3)11-17(14)21/h5-9,15H,4,10-11,20H2,1-3H3. The third kappa shape index (κ3) is 2.69. The number of rotatable bonds is 2. The molecule has 1 aliphatic rings.